The molecule has 0 saturated heterocycles. The second kappa shape index (κ2) is 8.65. The summed E-state index contributed by atoms with van der Waals surface area (Å²) in [4.78, 5) is 23.7. The van der Waals surface area contributed by atoms with E-state index in [4.69, 9.17) is 0 Å². The highest BCUT2D eigenvalue weighted by Crippen LogP contribution is 2.34. The number of pyridine rings is 1. The molecule has 5 heteroatoms. The number of rotatable bonds is 5. The molecular formula is C23H25N3OS. The lowest BCUT2D eigenvalue weighted by atomic mass is 9.81. The SMILES string of the molecule is CN(C(=O)Cc1csc(-c2ccccn2)n1)C1CCC(c2ccccc2)CC1. The fourth-order valence-electron chi connectivity index (χ4n) is 4.00. The highest BCUT2D eigenvalue weighted by Gasteiger charge is 2.27. The maximum absolute atomic E-state index is 12.8. The lowest BCUT2D eigenvalue weighted by molar-refractivity contribution is -0.131. The predicted molar refractivity (Wildman–Crippen MR) is 113 cm³/mol. The third kappa shape index (κ3) is 4.30. The van der Waals surface area contributed by atoms with E-state index in [9.17, 15) is 4.79 Å². The van der Waals surface area contributed by atoms with Gasteiger partial charge in [-0.05, 0) is 49.3 Å². The largest absolute Gasteiger partial charge is 0.342 e. The standard InChI is InChI=1S/C23H25N3OS/c1-26(20-12-10-18(11-13-20)17-7-3-2-4-8-17)22(27)15-19-16-28-23(25-19)21-9-5-6-14-24-21/h2-9,14,16,18,20H,10-13,15H2,1H3. The van der Waals surface area contributed by atoms with Crippen LogP contribution in [-0.2, 0) is 11.2 Å². The number of hydrogen-bond acceptors (Lipinski definition) is 4. The van der Waals surface area contributed by atoms with Crippen LogP contribution in [0.15, 0.2) is 60.1 Å². The molecule has 2 aromatic heterocycles. The summed E-state index contributed by atoms with van der Waals surface area (Å²) in [6.45, 7) is 0. The van der Waals surface area contributed by atoms with E-state index in [1.165, 1.54) is 5.56 Å². The number of likely N-dealkylation sites (N-methyl/N-ethyl adjacent to an activating group) is 1. The van der Waals surface area contributed by atoms with Gasteiger partial charge in [0.25, 0.3) is 0 Å². The molecular weight excluding hydrogens is 366 g/mol. The van der Waals surface area contributed by atoms with E-state index in [0.29, 0.717) is 18.4 Å². The summed E-state index contributed by atoms with van der Waals surface area (Å²) in [5.41, 5.74) is 3.12. The van der Waals surface area contributed by atoms with Crippen molar-refractivity contribution in [3.05, 3.63) is 71.4 Å². The van der Waals surface area contributed by atoms with Gasteiger partial charge in [-0.2, -0.15) is 0 Å². The molecule has 1 saturated carbocycles. The Bertz CT molecular complexity index is 902. The van der Waals surface area contributed by atoms with Crippen molar-refractivity contribution in [1.82, 2.24) is 14.9 Å². The Labute approximate surface area is 170 Å². The van der Waals surface area contributed by atoms with Crippen molar-refractivity contribution in [2.75, 3.05) is 7.05 Å². The van der Waals surface area contributed by atoms with Crippen molar-refractivity contribution in [3.63, 3.8) is 0 Å². The molecule has 2 heterocycles. The van der Waals surface area contributed by atoms with Gasteiger partial charge >= 0.3 is 0 Å². The van der Waals surface area contributed by atoms with Crippen LogP contribution in [0.25, 0.3) is 10.7 Å². The maximum Gasteiger partial charge on any atom is 0.228 e. The molecule has 1 amide bonds. The zero-order valence-electron chi connectivity index (χ0n) is 16.1. The minimum Gasteiger partial charge on any atom is -0.342 e. The van der Waals surface area contributed by atoms with E-state index in [2.05, 4.69) is 40.3 Å². The van der Waals surface area contributed by atoms with Crippen LogP contribution in [0.2, 0.25) is 0 Å². The molecule has 1 aliphatic rings. The molecule has 0 N–H and O–H groups in total. The molecule has 1 aromatic carbocycles. The van der Waals surface area contributed by atoms with Crippen molar-refractivity contribution < 1.29 is 4.79 Å². The Morgan fingerprint density at radius 1 is 1.07 bits per heavy atom. The van der Waals surface area contributed by atoms with E-state index >= 15 is 0 Å². The van der Waals surface area contributed by atoms with Gasteiger partial charge in [0.05, 0.1) is 17.8 Å². The van der Waals surface area contributed by atoms with Gasteiger partial charge in [-0.25, -0.2) is 4.98 Å². The molecule has 0 radical (unpaired) electrons. The van der Waals surface area contributed by atoms with Crippen LogP contribution >= 0.6 is 11.3 Å². The first-order valence-electron chi connectivity index (χ1n) is 9.87. The fraction of sp³-hybridized carbons (Fsp3) is 0.348. The van der Waals surface area contributed by atoms with Gasteiger partial charge < -0.3 is 4.90 Å². The van der Waals surface area contributed by atoms with Gasteiger partial charge in [0.2, 0.25) is 5.91 Å². The average molecular weight is 392 g/mol. The molecule has 4 nitrogen and oxygen atoms in total. The molecule has 4 rings (SSSR count). The molecule has 0 bridgehead atoms. The van der Waals surface area contributed by atoms with Gasteiger partial charge in [0.1, 0.15) is 5.01 Å². The molecule has 0 atom stereocenters. The Balaban J connectivity index is 1.32. The van der Waals surface area contributed by atoms with Crippen LogP contribution in [0.5, 0.6) is 0 Å². The first kappa shape index (κ1) is 18.8. The van der Waals surface area contributed by atoms with Gasteiger partial charge in [-0.3, -0.25) is 9.78 Å². The summed E-state index contributed by atoms with van der Waals surface area (Å²) >= 11 is 1.55. The fourth-order valence-corrected chi connectivity index (χ4v) is 4.80. The molecule has 1 aliphatic carbocycles. The first-order chi connectivity index (χ1) is 13.7. The van der Waals surface area contributed by atoms with Crippen molar-refractivity contribution in [2.45, 2.75) is 44.1 Å². The van der Waals surface area contributed by atoms with Crippen molar-refractivity contribution in [2.24, 2.45) is 0 Å². The van der Waals surface area contributed by atoms with E-state index in [1.54, 1.807) is 17.5 Å². The monoisotopic (exact) mass is 391 g/mol. The zero-order valence-corrected chi connectivity index (χ0v) is 16.9. The van der Waals surface area contributed by atoms with Gasteiger partial charge in [-0.15, -0.1) is 11.3 Å². The van der Waals surface area contributed by atoms with Crippen LogP contribution < -0.4 is 0 Å². The van der Waals surface area contributed by atoms with Crippen molar-refractivity contribution >= 4 is 17.2 Å². The minimum absolute atomic E-state index is 0.154. The topological polar surface area (TPSA) is 46.1 Å². The van der Waals surface area contributed by atoms with E-state index in [0.717, 1.165) is 42.1 Å². The summed E-state index contributed by atoms with van der Waals surface area (Å²) in [6.07, 6.45) is 6.55. The number of nitrogens with zero attached hydrogens (tertiary/aromatic N) is 3. The number of amides is 1. The summed E-state index contributed by atoms with van der Waals surface area (Å²) in [5.74, 6) is 0.779. The first-order valence-corrected chi connectivity index (χ1v) is 10.7. The Hall–Kier alpha value is -2.53. The smallest absolute Gasteiger partial charge is 0.228 e. The van der Waals surface area contributed by atoms with E-state index < -0.39 is 0 Å². The van der Waals surface area contributed by atoms with Crippen molar-refractivity contribution in [3.8, 4) is 10.7 Å². The Morgan fingerprint density at radius 3 is 2.54 bits per heavy atom. The normalized spacial score (nSPS) is 19.3. The Morgan fingerprint density at radius 2 is 1.82 bits per heavy atom. The number of thiazole rings is 1. The summed E-state index contributed by atoms with van der Waals surface area (Å²) in [5, 5.41) is 2.84. The van der Waals surface area contributed by atoms with Gasteiger partial charge in [0.15, 0.2) is 0 Å². The van der Waals surface area contributed by atoms with Gasteiger partial charge in [-0.1, -0.05) is 36.4 Å². The predicted octanol–water partition coefficient (Wildman–Crippen LogP) is 4.93. The number of benzene rings is 1. The number of carbonyl (C=O) groups excluding carboxylic acids is 1. The highest BCUT2D eigenvalue weighted by molar-refractivity contribution is 7.13. The number of hydrogen-bond donors (Lipinski definition) is 0. The highest BCUT2D eigenvalue weighted by atomic mass is 32.1. The maximum atomic E-state index is 12.8. The third-order valence-electron chi connectivity index (χ3n) is 5.68. The molecule has 28 heavy (non-hydrogen) atoms. The van der Waals surface area contributed by atoms with E-state index in [1.807, 2.05) is 35.5 Å². The zero-order chi connectivity index (χ0) is 19.3. The van der Waals surface area contributed by atoms with Crippen LogP contribution in [0.3, 0.4) is 0 Å². The molecule has 0 unspecified atom stereocenters. The number of carbonyl (C=O) groups is 1. The van der Waals surface area contributed by atoms with Crippen LogP contribution in [0.1, 0.15) is 42.9 Å². The second-order valence-electron chi connectivity index (χ2n) is 7.46. The van der Waals surface area contributed by atoms with Crippen LogP contribution in [0, 0.1) is 0 Å². The molecule has 1 fully saturated rings. The molecule has 3 aromatic rings. The Kier molecular flexibility index (Phi) is 5.81. The average Bonchev–Trinajstić information content (AvgIpc) is 3.23. The lowest BCUT2D eigenvalue weighted by Crippen LogP contribution is -2.40. The van der Waals surface area contributed by atoms with Crippen LogP contribution in [0.4, 0.5) is 0 Å². The lowest BCUT2D eigenvalue weighted by Gasteiger charge is -2.35. The van der Waals surface area contributed by atoms with Gasteiger partial charge in [0, 0.05) is 24.7 Å². The quantitative estimate of drug-likeness (QED) is 0.619. The van der Waals surface area contributed by atoms with E-state index in [-0.39, 0.29) is 5.91 Å². The summed E-state index contributed by atoms with van der Waals surface area (Å²) < 4.78 is 0. The molecule has 0 spiro atoms. The number of aromatic nitrogens is 2. The summed E-state index contributed by atoms with van der Waals surface area (Å²) in [7, 11) is 1.95. The second-order valence-corrected chi connectivity index (χ2v) is 8.31. The summed E-state index contributed by atoms with van der Waals surface area (Å²) in [6, 6.07) is 16.9. The minimum atomic E-state index is 0.154. The molecule has 144 valence electrons. The van der Waals surface area contributed by atoms with Crippen LogP contribution in [-0.4, -0.2) is 33.9 Å². The van der Waals surface area contributed by atoms with Crippen molar-refractivity contribution in [1.29, 1.82) is 0 Å². The third-order valence-corrected chi connectivity index (χ3v) is 6.59. The molecule has 0 aliphatic heterocycles.